The smallest absolute Gasteiger partial charge is 0.410 e. The number of hydrogen-bond acceptors (Lipinski definition) is 5. The monoisotopic (exact) mass is 350 g/mol. The van der Waals surface area contributed by atoms with E-state index in [1.807, 2.05) is 4.90 Å². The summed E-state index contributed by atoms with van der Waals surface area (Å²) in [4.78, 5) is 31.0. The topological polar surface area (TPSA) is 65.1 Å². The molecule has 25 heavy (non-hydrogen) atoms. The first-order chi connectivity index (χ1) is 12.1. The Morgan fingerprint density at radius 1 is 1.16 bits per heavy atom. The average Bonchev–Trinajstić information content (AvgIpc) is 3.21. The van der Waals surface area contributed by atoms with Crippen LogP contribution in [0.2, 0.25) is 0 Å². The van der Waals surface area contributed by atoms with E-state index in [9.17, 15) is 9.59 Å². The van der Waals surface area contributed by atoms with Crippen molar-refractivity contribution in [2.75, 3.05) is 46.3 Å². The summed E-state index contributed by atoms with van der Waals surface area (Å²) in [6.45, 7) is 5.24. The number of likely N-dealkylation sites (N-methyl/N-ethyl adjacent to an activating group) is 1. The summed E-state index contributed by atoms with van der Waals surface area (Å²) in [6.07, 6.45) is 5.70. The van der Waals surface area contributed by atoms with Gasteiger partial charge in [0.05, 0.1) is 12.6 Å². The molecule has 4 heterocycles. The van der Waals surface area contributed by atoms with Gasteiger partial charge in [-0.1, -0.05) is 0 Å². The van der Waals surface area contributed by atoms with Crippen LogP contribution in [0.3, 0.4) is 0 Å². The third-order valence-electron chi connectivity index (χ3n) is 6.48. The molecule has 0 aromatic heterocycles. The Morgan fingerprint density at radius 3 is 2.52 bits per heavy atom. The van der Waals surface area contributed by atoms with Crippen molar-refractivity contribution in [2.24, 2.45) is 0 Å². The number of nitrogens with zero attached hydrogens (tertiary/aromatic N) is 3. The van der Waals surface area contributed by atoms with Crippen LogP contribution in [0.25, 0.3) is 0 Å². The predicted octanol–water partition coefficient (Wildman–Crippen LogP) is 0.646. The van der Waals surface area contributed by atoms with Gasteiger partial charge in [0.15, 0.2) is 0 Å². The second-order valence-corrected chi connectivity index (χ2v) is 8.11. The molecular weight excluding hydrogens is 320 g/mol. The Balaban J connectivity index is 1.36. The van der Waals surface area contributed by atoms with Crippen LogP contribution < -0.4 is 5.32 Å². The first-order valence-electron chi connectivity index (χ1n) is 9.77. The molecule has 2 amide bonds. The lowest BCUT2D eigenvalue weighted by Gasteiger charge is -2.41. The molecule has 7 nitrogen and oxygen atoms in total. The Bertz CT molecular complexity index is 526. The van der Waals surface area contributed by atoms with Gasteiger partial charge in [-0.2, -0.15) is 0 Å². The Morgan fingerprint density at radius 2 is 1.88 bits per heavy atom. The van der Waals surface area contributed by atoms with Gasteiger partial charge >= 0.3 is 6.09 Å². The van der Waals surface area contributed by atoms with E-state index < -0.39 is 0 Å². The number of piperidine rings is 2. The molecule has 0 saturated carbocycles. The van der Waals surface area contributed by atoms with Gasteiger partial charge in [0.1, 0.15) is 5.60 Å². The maximum absolute atomic E-state index is 13.1. The number of likely N-dealkylation sites (tertiary alicyclic amines) is 2. The Hall–Kier alpha value is -1.34. The highest BCUT2D eigenvalue weighted by Crippen LogP contribution is 2.34. The van der Waals surface area contributed by atoms with Crippen LogP contribution in [0.1, 0.15) is 38.5 Å². The minimum absolute atomic E-state index is 0.0611. The molecule has 7 heteroatoms. The number of carbonyl (C=O) groups excluding carboxylic acids is 2. The molecule has 1 atom stereocenters. The number of hydrogen-bond donors (Lipinski definition) is 1. The maximum Gasteiger partial charge on any atom is 0.410 e. The molecule has 140 valence electrons. The molecule has 4 aliphatic rings. The molecule has 4 rings (SSSR count). The van der Waals surface area contributed by atoms with Crippen molar-refractivity contribution >= 4 is 12.0 Å². The Labute approximate surface area is 149 Å². The van der Waals surface area contributed by atoms with E-state index in [0.29, 0.717) is 31.6 Å². The van der Waals surface area contributed by atoms with Crippen molar-refractivity contribution in [2.45, 2.75) is 56.2 Å². The van der Waals surface area contributed by atoms with E-state index in [0.717, 1.165) is 58.2 Å². The molecular formula is C18H30N4O3. The third kappa shape index (κ3) is 3.24. The quantitative estimate of drug-likeness (QED) is 0.792. The predicted molar refractivity (Wildman–Crippen MR) is 93.3 cm³/mol. The van der Waals surface area contributed by atoms with Gasteiger partial charge in [0, 0.05) is 39.0 Å². The summed E-state index contributed by atoms with van der Waals surface area (Å²) in [5.41, 5.74) is -0.368. The fourth-order valence-corrected chi connectivity index (χ4v) is 5.03. The fraction of sp³-hybridized carbons (Fsp3) is 0.889. The summed E-state index contributed by atoms with van der Waals surface area (Å²) in [5.74, 6) is 0.295. The molecule has 1 unspecified atom stereocenters. The standard InChI is InChI=1S/C18H30N4O3/c1-20-13-18(25-17(20)24)6-11-21(12-7-18)16(23)15-3-2-10-22(15)14-4-8-19-9-5-14/h14-15,19H,2-13H2,1H3. The number of carbonyl (C=O) groups is 2. The molecule has 0 aliphatic carbocycles. The minimum Gasteiger partial charge on any atom is -0.441 e. The van der Waals surface area contributed by atoms with Crippen LogP contribution in [0.5, 0.6) is 0 Å². The molecule has 1 N–H and O–H groups in total. The second kappa shape index (κ2) is 6.76. The highest BCUT2D eigenvalue weighted by molar-refractivity contribution is 5.82. The van der Waals surface area contributed by atoms with Gasteiger partial charge in [-0.15, -0.1) is 0 Å². The maximum atomic E-state index is 13.1. The zero-order valence-corrected chi connectivity index (χ0v) is 15.2. The number of nitrogens with one attached hydrogen (secondary N) is 1. The summed E-state index contributed by atoms with van der Waals surface area (Å²) >= 11 is 0. The molecule has 0 bridgehead atoms. The first-order valence-corrected chi connectivity index (χ1v) is 9.77. The van der Waals surface area contributed by atoms with Crippen LogP contribution in [-0.4, -0.2) is 90.7 Å². The summed E-state index contributed by atoms with van der Waals surface area (Å²) in [7, 11) is 1.78. The lowest BCUT2D eigenvalue weighted by molar-refractivity contribution is -0.140. The molecule has 4 saturated heterocycles. The fourth-order valence-electron chi connectivity index (χ4n) is 5.03. The molecule has 4 aliphatic heterocycles. The summed E-state index contributed by atoms with van der Waals surface area (Å²) in [5, 5.41) is 3.41. The van der Waals surface area contributed by atoms with E-state index in [1.165, 1.54) is 0 Å². The van der Waals surface area contributed by atoms with E-state index in [4.69, 9.17) is 4.74 Å². The van der Waals surface area contributed by atoms with Gasteiger partial charge in [-0.3, -0.25) is 9.69 Å². The van der Waals surface area contributed by atoms with Crippen LogP contribution in [0.4, 0.5) is 4.79 Å². The highest BCUT2D eigenvalue weighted by Gasteiger charge is 2.47. The van der Waals surface area contributed by atoms with E-state index >= 15 is 0 Å². The van der Waals surface area contributed by atoms with Crippen molar-refractivity contribution in [3.05, 3.63) is 0 Å². The van der Waals surface area contributed by atoms with Crippen molar-refractivity contribution < 1.29 is 14.3 Å². The van der Waals surface area contributed by atoms with E-state index in [2.05, 4.69) is 10.2 Å². The SMILES string of the molecule is CN1CC2(CCN(C(=O)C3CCCN3C3CCNCC3)CC2)OC1=O. The third-order valence-corrected chi connectivity index (χ3v) is 6.48. The first kappa shape index (κ1) is 17.1. The van der Waals surface area contributed by atoms with Crippen LogP contribution >= 0.6 is 0 Å². The molecule has 0 radical (unpaired) electrons. The highest BCUT2D eigenvalue weighted by atomic mass is 16.6. The van der Waals surface area contributed by atoms with Gasteiger partial charge in [-0.05, 0) is 45.3 Å². The van der Waals surface area contributed by atoms with Crippen molar-refractivity contribution in [1.29, 1.82) is 0 Å². The van der Waals surface area contributed by atoms with Crippen LogP contribution in [0, 0.1) is 0 Å². The van der Waals surface area contributed by atoms with Gasteiger partial charge < -0.3 is 19.9 Å². The number of amides is 2. The lowest BCUT2D eigenvalue weighted by Crippen LogP contribution is -2.55. The van der Waals surface area contributed by atoms with Crippen molar-refractivity contribution in [1.82, 2.24) is 20.0 Å². The van der Waals surface area contributed by atoms with Crippen LogP contribution in [0.15, 0.2) is 0 Å². The molecule has 1 spiro atoms. The minimum atomic E-state index is -0.368. The number of ether oxygens (including phenoxy) is 1. The second-order valence-electron chi connectivity index (χ2n) is 8.11. The van der Waals surface area contributed by atoms with Crippen LogP contribution in [-0.2, 0) is 9.53 Å². The largest absolute Gasteiger partial charge is 0.441 e. The van der Waals surface area contributed by atoms with E-state index in [-0.39, 0.29) is 17.7 Å². The van der Waals surface area contributed by atoms with Crippen molar-refractivity contribution in [3.63, 3.8) is 0 Å². The number of rotatable bonds is 2. The van der Waals surface area contributed by atoms with Gasteiger partial charge in [0.25, 0.3) is 0 Å². The van der Waals surface area contributed by atoms with Crippen molar-refractivity contribution in [3.8, 4) is 0 Å². The molecule has 0 aromatic carbocycles. The molecule has 4 fully saturated rings. The zero-order valence-electron chi connectivity index (χ0n) is 15.2. The zero-order chi connectivity index (χ0) is 17.4. The summed E-state index contributed by atoms with van der Waals surface area (Å²) in [6, 6.07) is 0.615. The molecule has 0 aromatic rings. The lowest BCUT2D eigenvalue weighted by atomic mass is 9.91. The summed E-state index contributed by atoms with van der Waals surface area (Å²) < 4.78 is 5.60. The van der Waals surface area contributed by atoms with Gasteiger partial charge in [-0.25, -0.2) is 4.79 Å². The Kier molecular flexibility index (Phi) is 4.62. The van der Waals surface area contributed by atoms with Gasteiger partial charge in [0.2, 0.25) is 5.91 Å². The average molecular weight is 350 g/mol. The normalized spacial score (nSPS) is 30.9. The van der Waals surface area contributed by atoms with E-state index in [1.54, 1.807) is 11.9 Å².